The Balaban J connectivity index is 1.34. The molecule has 34 heavy (non-hydrogen) atoms. The van der Waals surface area contributed by atoms with Crippen molar-refractivity contribution in [2.75, 3.05) is 12.4 Å². The highest BCUT2D eigenvalue weighted by atomic mass is 35.5. The normalized spacial score (nSPS) is 27.7. The Hall–Kier alpha value is -1.54. The Morgan fingerprint density at radius 2 is 2.03 bits per heavy atom. The number of aryl methyl sites for hydroxylation is 1. The number of ether oxygens (including phenoxy) is 1. The second-order valence-electron chi connectivity index (χ2n) is 9.62. The molecule has 0 aromatic heterocycles. The van der Waals surface area contributed by atoms with Crippen LogP contribution in [-0.4, -0.2) is 42.4 Å². The molecule has 2 aliphatic carbocycles. The molecule has 0 aliphatic heterocycles. The first-order valence-electron chi connectivity index (χ1n) is 12.0. The first-order valence-corrected chi connectivity index (χ1v) is 13.4. The third kappa shape index (κ3) is 8.01. The van der Waals surface area contributed by atoms with Gasteiger partial charge in [0.2, 0.25) is 5.91 Å². The minimum absolute atomic E-state index is 0.0220. The molecule has 0 spiro atoms. The predicted octanol–water partition coefficient (Wildman–Crippen LogP) is 4.88. The van der Waals surface area contributed by atoms with Crippen molar-refractivity contribution in [1.29, 1.82) is 0 Å². The maximum Gasteiger partial charge on any atom is 0.230 e. The van der Waals surface area contributed by atoms with Gasteiger partial charge in [-0.1, -0.05) is 31.2 Å². The minimum atomic E-state index is -0.231. The lowest BCUT2D eigenvalue weighted by Crippen LogP contribution is -2.43. The van der Waals surface area contributed by atoms with Crippen LogP contribution < -0.4 is 21.1 Å². The summed E-state index contributed by atoms with van der Waals surface area (Å²) in [6.45, 7) is 10.1. The van der Waals surface area contributed by atoms with Gasteiger partial charge < -0.3 is 21.1 Å². The first-order chi connectivity index (χ1) is 16.1. The van der Waals surface area contributed by atoms with Crippen LogP contribution in [0.4, 0.5) is 4.39 Å². The van der Waals surface area contributed by atoms with Crippen LogP contribution in [0.1, 0.15) is 45.1 Å². The van der Waals surface area contributed by atoms with Crippen molar-refractivity contribution in [3.63, 3.8) is 0 Å². The van der Waals surface area contributed by atoms with Crippen molar-refractivity contribution >= 4 is 29.3 Å². The Kier molecular flexibility index (Phi) is 9.89. The highest BCUT2D eigenvalue weighted by molar-refractivity contribution is 8.03. The van der Waals surface area contributed by atoms with Crippen LogP contribution in [-0.2, 0) is 4.79 Å². The quantitative estimate of drug-likeness (QED) is 0.370. The second kappa shape index (κ2) is 12.4. The van der Waals surface area contributed by atoms with E-state index in [2.05, 4.69) is 24.1 Å². The highest BCUT2D eigenvalue weighted by Gasteiger charge is 2.48. The van der Waals surface area contributed by atoms with Crippen LogP contribution in [0.5, 0.6) is 5.75 Å². The number of nitrogens with two attached hydrogens (primary N) is 1. The zero-order valence-electron chi connectivity index (χ0n) is 20.3. The number of hydrogen-bond donors (Lipinski definition) is 3. The maximum absolute atomic E-state index is 13.7. The summed E-state index contributed by atoms with van der Waals surface area (Å²) in [5.41, 5.74) is 6.57. The molecule has 0 heterocycles. The Bertz CT molecular complexity index is 902. The van der Waals surface area contributed by atoms with Gasteiger partial charge in [0, 0.05) is 46.1 Å². The monoisotopic (exact) mass is 509 g/mol. The SMILES string of the molecule is C=C(Cl)/C=C(/SCC(=O)NC1CCC(NC2C(COc3ccc(C)c(F)c3)[C@@H]2C)CC1)[C@H](C)N. The van der Waals surface area contributed by atoms with Gasteiger partial charge in [0.05, 0.1) is 12.4 Å². The summed E-state index contributed by atoms with van der Waals surface area (Å²) in [5.74, 6) is 1.68. The van der Waals surface area contributed by atoms with Crippen molar-refractivity contribution in [2.45, 2.75) is 70.6 Å². The van der Waals surface area contributed by atoms with Crippen LogP contribution in [0.2, 0.25) is 0 Å². The van der Waals surface area contributed by atoms with Crippen LogP contribution in [0.3, 0.4) is 0 Å². The largest absolute Gasteiger partial charge is 0.493 e. The van der Waals surface area contributed by atoms with Crippen molar-refractivity contribution < 1.29 is 13.9 Å². The van der Waals surface area contributed by atoms with E-state index in [4.69, 9.17) is 22.1 Å². The maximum atomic E-state index is 13.7. The van der Waals surface area contributed by atoms with Crippen LogP contribution in [0.25, 0.3) is 0 Å². The van der Waals surface area contributed by atoms with E-state index in [1.807, 2.05) is 13.0 Å². The number of amides is 1. The molecule has 0 saturated heterocycles. The molecule has 1 aromatic carbocycles. The second-order valence-corrected chi connectivity index (χ2v) is 11.2. The molecule has 1 aromatic rings. The molecule has 4 atom stereocenters. The van der Waals surface area contributed by atoms with E-state index in [9.17, 15) is 9.18 Å². The number of rotatable bonds is 11. The highest BCUT2D eigenvalue weighted by Crippen LogP contribution is 2.40. The summed E-state index contributed by atoms with van der Waals surface area (Å²) >= 11 is 7.26. The lowest BCUT2D eigenvalue weighted by molar-refractivity contribution is -0.119. The fourth-order valence-electron chi connectivity index (χ4n) is 4.49. The Morgan fingerprint density at radius 3 is 2.65 bits per heavy atom. The molecule has 2 saturated carbocycles. The molecule has 4 N–H and O–H groups in total. The van der Waals surface area contributed by atoms with Crippen molar-refractivity contribution in [3.05, 3.63) is 52.2 Å². The van der Waals surface area contributed by atoms with E-state index in [0.717, 1.165) is 30.6 Å². The number of thioether (sulfide) groups is 1. The average Bonchev–Trinajstić information content (AvgIpc) is 3.39. The Labute approximate surface area is 212 Å². The molecule has 3 rings (SSSR count). The van der Waals surface area contributed by atoms with Crippen molar-refractivity contribution in [3.8, 4) is 5.75 Å². The van der Waals surface area contributed by atoms with Crippen LogP contribution >= 0.6 is 23.4 Å². The molecule has 0 bridgehead atoms. The van der Waals surface area contributed by atoms with Gasteiger partial charge in [0.15, 0.2) is 0 Å². The molecule has 2 fully saturated rings. The zero-order chi connectivity index (χ0) is 24.8. The summed E-state index contributed by atoms with van der Waals surface area (Å²) in [4.78, 5) is 13.3. The molecule has 1 amide bonds. The van der Waals surface area contributed by atoms with Gasteiger partial charge in [-0.05, 0) is 63.2 Å². The zero-order valence-corrected chi connectivity index (χ0v) is 21.9. The number of allylic oxidation sites excluding steroid dienone is 2. The van der Waals surface area contributed by atoms with Gasteiger partial charge in [-0.15, -0.1) is 11.8 Å². The van der Waals surface area contributed by atoms with E-state index in [1.165, 1.54) is 17.8 Å². The molecule has 188 valence electrons. The molecule has 2 aliphatic rings. The molecular formula is C26H37ClFN3O2S. The van der Waals surface area contributed by atoms with Gasteiger partial charge in [-0.25, -0.2) is 4.39 Å². The number of nitrogens with one attached hydrogen (secondary N) is 2. The van der Waals surface area contributed by atoms with Crippen LogP contribution in [0.15, 0.2) is 40.8 Å². The molecule has 2 unspecified atom stereocenters. The number of halogens is 2. The fraction of sp³-hybridized carbons (Fsp3) is 0.577. The van der Waals surface area contributed by atoms with E-state index >= 15 is 0 Å². The smallest absolute Gasteiger partial charge is 0.230 e. The molecule has 8 heteroatoms. The third-order valence-electron chi connectivity index (χ3n) is 6.79. The van der Waals surface area contributed by atoms with Gasteiger partial charge in [0.25, 0.3) is 0 Å². The van der Waals surface area contributed by atoms with Gasteiger partial charge in [0.1, 0.15) is 11.6 Å². The standard InChI is InChI=1S/C26H37ClFN3O2S/c1-15-5-10-21(12-23(15)28)33-13-22-17(3)26(22)31-20-8-6-19(7-9-20)30-25(32)14-34-24(18(4)29)11-16(2)27/h5,10-12,17-20,22,26,31H,2,6-9,13-14,29H2,1,3-4H3,(H,30,32)/b24-11+/t17-,18-,19?,20?,22?,26?/m0/s1. The summed E-state index contributed by atoms with van der Waals surface area (Å²) in [5, 5.41) is 7.35. The number of benzene rings is 1. The summed E-state index contributed by atoms with van der Waals surface area (Å²) < 4.78 is 19.6. The lowest BCUT2D eigenvalue weighted by atomic mass is 9.91. The fourth-order valence-corrected chi connectivity index (χ4v) is 5.54. The predicted molar refractivity (Wildman–Crippen MR) is 140 cm³/mol. The molecular weight excluding hydrogens is 473 g/mol. The van der Waals surface area contributed by atoms with Gasteiger partial charge in [-0.2, -0.15) is 0 Å². The van der Waals surface area contributed by atoms with E-state index in [1.54, 1.807) is 19.1 Å². The van der Waals surface area contributed by atoms with E-state index in [0.29, 0.717) is 52.6 Å². The number of carbonyl (C=O) groups excluding carboxylic acids is 1. The summed E-state index contributed by atoms with van der Waals surface area (Å²) in [7, 11) is 0. The third-order valence-corrected chi connectivity index (χ3v) is 8.12. The minimum Gasteiger partial charge on any atom is -0.493 e. The summed E-state index contributed by atoms with van der Waals surface area (Å²) in [6, 6.07) is 5.95. The van der Waals surface area contributed by atoms with Crippen molar-refractivity contribution in [2.24, 2.45) is 17.6 Å². The van der Waals surface area contributed by atoms with Gasteiger partial charge >= 0.3 is 0 Å². The van der Waals surface area contributed by atoms with E-state index in [-0.39, 0.29) is 23.8 Å². The lowest BCUT2D eigenvalue weighted by Gasteiger charge is -2.30. The first kappa shape index (κ1) is 27.1. The summed E-state index contributed by atoms with van der Waals surface area (Å²) in [6.07, 6.45) is 5.72. The topological polar surface area (TPSA) is 76.4 Å². The van der Waals surface area contributed by atoms with E-state index < -0.39 is 0 Å². The molecule has 5 nitrogen and oxygen atoms in total. The molecule has 0 radical (unpaired) electrons. The average molecular weight is 510 g/mol. The van der Waals surface area contributed by atoms with Crippen molar-refractivity contribution in [1.82, 2.24) is 10.6 Å². The number of hydrogen-bond acceptors (Lipinski definition) is 5. The Morgan fingerprint density at radius 1 is 1.35 bits per heavy atom. The van der Waals surface area contributed by atoms with Gasteiger partial charge in [-0.3, -0.25) is 4.79 Å². The van der Waals surface area contributed by atoms with Crippen LogP contribution in [0, 0.1) is 24.6 Å². The number of carbonyl (C=O) groups is 1.